The average Bonchev–Trinajstić information content (AvgIpc) is 3.24. The second kappa shape index (κ2) is 7.13. The van der Waals surface area contributed by atoms with Gasteiger partial charge in [-0.1, -0.05) is 17.7 Å². The summed E-state index contributed by atoms with van der Waals surface area (Å²) in [5.74, 6) is -0.960. The standard InChI is InChI=1S/C19H14ClF3N6O/c1-10-14-7-12(8-24-17(14)28(2)27-10)26-18(30)15-9-25-29(16(15)19(21,22)23)13-5-3-4-11(20)6-13/h3-9H,1-2H3,(H,26,30). The number of nitrogens with zero attached hydrogens (tertiary/aromatic N) is 5. The molecule has 30 heavy (non-hydrogen) atoms. The molecule has 154 valence electrons. The second-order valence-corrected chi connectivity index (χ2v) is 6.99. The molecule has 11 heteroatoms. The number of carbonyl (C=O) groups is 1. The van der Waals surface area contributed by atoms with E-state index in [9.17, 15) is 18.0 Å². The summed E-state index contributed by atoms with van der Waals surface area (Å²) in [5, 5.41) is 11.4. The van der Waals surface area contributed by atoms with E-state index < -0.39 is 23.3 Å². The highest BCUT2D eigenvalue weighted by molar-refractivity contribution is 6.30. The molecule has 0 spiro atoms. The maximum Gasteiger partial charge on any atom is 0.434 e. The molecule has 0 aliphatic heterocycles. The lowest BCUT2D eigenvalue weighted by Crippen LogP contribution is -2.20. The van der Waals surface area contributed by atoms with Crippen molar-refractivity contribution in [1.29, 1.82) is 0 Å². The molecule has 0 saturated carbocycles. The predicted octanol–water partition coefficient (Wildman–Crippen LogP) is 4.39. The van der Waals surface area contributed by atoms with E-state index in [1.807, 2.05) is 0 Å². The van der Waals surface area contributed by atoms with Crippen LogP contribution in [0.5, 0.6) is 0 Å². The summed E-state index contributed by atoms with van der Waals surface area (Å²) in [6.45, 7) is 1.77. The van der Waals surface area contributed by atoms with E-state index in [2.05, 4.69) is 20.5 Å². The molecule has 0 aliphatic carbocycles. The number of rotatable bonds is 3. The van der Waals surface area contributed by atoms with Crippen LogP contribution in [0.15, 0.2) is 42.7 Å². The third-order valence-electron chi connectivity index (χ3n) is 4.46. The summed E-state index contributed by atoms with van der Waals surface area (Å²) in [7, 11) is 1.72. The smallest absolute Gasteiger partial charge is 0.320 e. The molecule has 1 amide bonds. The van der Waals surface area contributed by atoms with E-state index in [-0.39, 0.29) is 16.4 Å². The van der Waals surface area contributed by atoms with Crippen LogP contribution in [0.4, 0.5) is 18.9 Å². The van der Waals surface area contributed by atoms with Gasteiger partial charge in [-0.25, -0.2) is 9.67 Å². The highest BCUT2D eigenvalue weighted by Crippen LogP contribution is 2.34. The van der Waals surface area contributed by atoms with E-state index in [1.54, 1.807) is 24.7 Å². The van der Waals surface area contributed by atoms with Gasteiger partial charge in [-0.15, -0.1) is 0 Å². The number of hydrogen-bond donors (Lipinski definition) is 1. The Morgan fingerprint density at radius 2 is 1.97 bits per heavy atom. The van der Waals surface area contributed by atoms with Crippen molar-refractivity contribution < 1.29 is 18.0 Å². The summed E-state index contributed by atoms with van der Waals surface area (Å²) in [5.41, 5.74) is -0.217. The lowest BCUT2D eigenvalue weighted by atomic mass is 10.2. The fourth-order valence-electron chi connectivity index (χ4n) is 3.17. The van der Waals surface area contributed by atoms with E-state index in [0.717, 1.165) is 6.20 Å². The van der Waals surface area contributed by atoms with Crippen LogP contribution in [0.1, 0.15) is 21.7 Å². The van der Waals surface area contributed by atoms with Crippen LogP contribution in [-0.2, 0) is 13.2 Å². The number of aryl methyl sites for hydroxylation is 2. The number of carbonyl (C=O) groups excluding carboxylic acids is 1. The van der Waals surface area contributed by atoms with Gasteiger partial charge in [0, 0.05) is 17.5 Å². The quantitative estimate of drug-likeness (QED) is 0.519. The van der Waals surface area contributed by atoms with Crippen molar-refractivity contribution in [3.63, 3.8) is 0 Å². The Kier molecular flexibility index (Phi) is 4.73. The number of aromatic nitrogens is 5. The van der Waals surface area contributed by atoms with Crippen LogP contribution in [0.2, 0.25) is 5.02 Å². The van der Waals surface area contributed by atoms with Gasteiger partial charge in [0.1, 0.15) is 0 Å². The third-order valence-corrected chi connectivity index (χ3v) is 4.69. The Labute approximate surface area is 173 Å². The molecule has 1 aromatic carbocycles. The van der Waals surface area contributed by atoms with Crippen molar-refractivity contribution in [1.82, 2.24) is 24.5 Å². The number of hydrogen-bond acceptors (Lipinski definition) is 4. The Hall–Kier alpha value is -3.40. The second-order valence-electron chi connectivity index (χ2n) is 6.55. The predicted molar refractivity (Wildman–Crippen MR) is 105 cm³/mol. The maximum atomic E-state index is 13.8. The van der Waals surface area contributed by atoms with Gasteiger partial charge in [0.05, 0.1) is 35.0 Å². The van der Waals surface area contributed by atoms with Crippen molar-refractivity contribution in [3.8, 4) is 5.69 Å². The molecule has 0 fully saturated rings. The number of halogens is 4. The van der Waals surface area contributed by atoms with Gasteiger partial charge in [0.15, 0.2) is 11.3 Å². The zero-order chi connectivity index (χ0) is 21.6. The lowest BCUT2D eigenvalue weighted by molar-refractivity contribution is -0.143. The van der Waals surface area contributed by atoms with Crippen molar-refractivity contribution in [2.75, 3.05) is 5.32 Å². The molecule has 0 unspecified atom stereocenters. The SMILES string of the molecule is Cc1nn(C)c2ncc(NC(=O)c3cnn(-c4cccc(Cl)c4)c3C(F)(F)F)cc12. The molecule has 3 heterocycles. The summed E-state index contributed by atoms with van der Waals surface area (Å²) in [6.07, 6.45) is -2.59. The first kappa shape index (κ1) is 19.9. The number of fused-ring (bicyclic) bond motifs is 1. The minimum atomic E-state index is -4.83. The summed E-state index contributed by atoms with van der Waals surface area (Å²) >= 11 is 5.88. The summed E-state index contributed by atoms with van der Waals surface area (Å²) in [4.78, 5) is 16.9. The molecule has 7 nitrogen and oxygen atoms in total. The van der Waals surface area contributed by atoms with Crippen molar-refractivity contribution in [3.05, 3.63) is 64.7 Å². The van der Waals surface area contributed by atoms with Crippen molar-refractivity contribution >= 4 is 34.2 Å². The number of pyridine rings is 1. The summed E-state index contributed by atoms with van der Waals surface area (Å²) < 4.78 is 43.6. The minimum absolute atomic E-state index is 0.0861. The fraction of sp³-hybridized carbons (Fsp3) is 0.158. The zero-order valence-electron chi connectivity index (χ0n) is 15.7. The molecule has 4 aromatic rings. The molecule has 0 aliphatic rings. The first-order valence-corrected chi connectivity index (χ1v) is 9.05. The average molecular weight is 435 g/mol. The minimum Gasteiger partial charge on any atom is -0.320 e. The van der Waals surface area contributed by atoms with Gasteiger partial charge in [-0.2, -0.15) is 23.4 Å². The maximum absolute atomic E-state index is 13.8. The molecule has 0 radical (unpaired) electrons. The van der Waals surface area contributed by atoms with Gasteiger partial charge in [-0.3, -0.25) is 9.48 Å². The number of anilines is 1. The van der Waals surface area contributed by atoms with E-state index in [1.165, 1.54) is 30.5 Å². The highest BCUT2D eigenvalue weighted by atomic mass is 35.5. The number of nitrogens with one attached hydrogen (secondary N) is 1. The first-order valence-electron chi connectivity index (χ1n) is 8.67. The molecule has 1 N–H and O–H groups in total. The molecule has 0 saturated heterocycles. The fourth-order valence-corrected chi connectivity index (χ4v) is 3.35. The van der Waals surface area contributed by atoms with Gasteiger partial charge in [0.25, 0.3) is 5.91 Å². The van der Waals surface area contributed by atoms with Gasteiger partial charge < -0.3 is 5.32 Å². The number of benzene rings is 1. The van der Waals surface area contributed by atoms with E-state index >= 15 is 0 Å². The molecule has 3 aromatic heterocycles. The monoisotopic (exact) mass is 434 g/mol. The van der Waals surface area contributed by atoms with Gasteiger partial charge >= 0.3 is 6.18 Å². The highest BCUT2D eigenvalue weighted by Gasteiger charge is 2.40. The Bertz CT molecular complexity index is 1280. The Morgan fingerprint density at radius 3 is 2.67 bits per heavy atom. The number of amides is 1. The largest absolute Gasteiger partial charge is 0.434 e. The van der Waals surface area contributed by atoms with Crippen LogP contribution in [0.3, 0.4) is 0 Å². The van der Waals surface area contributed by atoms with Crippen LogP contribution >= 0.6 is 11.6 Å². The summed E-state index contributed by atoms with van der Waals surface area (Å²) in [6, 6.07) is 7.37. The van der Waals surface area contributed by atoms with Crippen LogP contribution in [0, 0.1) is 6.92 Å². The molecule has 4 rings (SSSR count). The first-order chi connectivity index (χ1) is 14.1. The Balaban J connectivity index is 1.73. The topological polar surface area (TPSA) is 77.6 Å². The van der Waals surface area contributed by atoms with Crippen LogP contribution < -0.4 is 5.32 Å². The van der Waals surface area contributed by atoms with Gasteiger partial charge in [-0.05, 0) is 31.2 Å². The van der Waals surface area contributed by atoms with E-state index in [0.29, 0.717) is 21.4 Å². The van der Waals surface area contributed by atoms with Crippen LogP contribution in [0.25, 0.3) is 16.7 Å². The third kappa shape index (κ3) is 3.50. The molecule has 0 atom stereocenters. The normalized spacial score (nSPS) is 11.8. The molecule has 0 bridgehead atoms. The lowest BCUT2D eigenvalue weighted by Gasteiger charge is -2.13. The number of alkyl halides is 3. The van der Waals surface area contributed by atoms with Crippen LogP contribution in [-0.4, -0.2) is 30.5 Å². The molecular weight excluding hydrogens is 421 g/mol. The van der Waals surface area contributed by atoms with Crippen molar-refractivity contribution in [2.24, 2.45) is 7.05 Å². The zero-order valence-corrected chi connectivity index (χ0v) is 16.5. The van der Waals surface area contributed by atoms with Gasteiger partial charge in [0.2, 0.25) is 0 Å². The van der Waals surface area contributed by atoms with Crippen molar-refractivity contribution in [2.45, 2.75) is 13.1 Å². The van der Waals surface area contributed by atoms with E-state index in [4.69, 9.17) is 11.6 Å². The Morgan fingerprint density at radius 1 is 1.20 bits per heavy atom. The molecular formula is C19H14ClF3N6O.